The molecule has 2 aliphatic heterocycles. The molecule has 7 heteroatoms. The van der Waals surface area contributed by atoms with Gasteiger partial charge in [0, 0.05) is 19.3 Å². The Labute approximate surface area is 232 Å². The van der Waals surface area contributed by atoms with Crippen molar-refractivity contribution in [2.24, 2.45) is 4.99 Å². The quantitative estimate of drug-likeness (QED) is 0.142. The van der Waals surface area contributed by atoms with Crippen molar-refractivity contribution in [2.45, 2.75) is 154 Å². The minimum atomic E-state index is -0.389. The predicted molar refractivity (Wildman–Crippen MR) is 159 cm³/mol. The summed E-state index contributed by atoms with van der Waals surface area (Å²) in [5.74, 6) is 0.830. The molecule has 2 atom stereocenters. The zero-order valence-corrected chi connectivity index (χ0v) is 25.1. The fourth-order valence-electron chi connectivity index (χ4n) is 5.38. The first kappa shape index (κ1) is 32.0. The molecule has 2 rings (SSSR count). The van der Waals surface area contributed by atoms with E-state index in [0.717, 1.165) is 23.9 Å². The van der Waals surface area contributed by atoms with Gasteiger partial charge in [0.1, 0.15) is 0 Å². The standard InChI is InChI=1S/C30H56N4O2S/c1-4-6-8-10-12-13-14-15-16-17-18-19-20-22-24-34-26-27(33(3)29(36)32-28(26)35)31-30(34)37-25-23-21-11-9-7-5-2/h26-27H,4-25H2,1-3H3,(H,32,35,36). The highest BCUT2D eigenvalue weighted by atomic mass is 32.2. The van der Waals surface area contributed by atoms with E-state index in [-0.39, 0.29) is 24.1 Å². The Morgan fingerprint density at radius 3 is 1.68 bits per heavy atom. The van der Waals surface area contributed by atoms with Crippen molar-refractivity contribution in [3.8, 4) is 0 Å². The number of fused-ring (bicyclic) bond motifs is 1. The molecule has 0 radical (unpaired) electrons. The van der Waals surface area contributed by atoms with E-state index in [2.05, 4.69) is 24.1 Å². The summed E-state index contributed by atoms with van der Waals surface area (Å²) in [6.07, 6.45) is 26.0. The molecule has 0 aromatic carbocycles. The smallest absolute Gasteiger partial charge is 0.325 e. The first-order valence-electron chi connectivity index (χ1n) is 15.6. The lowest BCUT2D eigenvalue weighted by atomic mass is 10.0. The first-order valence-corrected chi connectivity index (χ1v) is 16.6. The minimum absolute atomic E-state index is 0.197. The molecule has 0 saturated carbocycles. The highest BCUT2D eigenvalue weighted by Crippen LogP contribution is 2.29. The third kappa shape index (κ3) is 12.0. The monoisotopic (exact) mass is 536 g/mol. The van der Waals surface area contributed by atoms with E-state index in [1.165, 1.54) is 122 Å². The lowest BCUT2D eigenvalue weighted by Gasteiger charge is -2.36. The number of amides is 3. The van der Waals surface area contributed by atoms with Gasteiger partial charge in [-0.15, -0.1) is 0 Å². The third-order valence-corrected chi connectivity index (χ3v) is 8.90. The molecule has 1 N–H and O–H groups in total. The van der Waals surface area contributed by atoms with E-state index < -0.39 is 0 Å². The van der Waals surface area contributed by atoms with Gasteiger partial charge >= 0.3 is 6.03 Å². The second kappa shape index (κ2) is 19.8. The number of nitrogens with one attached hydrogen (secondary N) is 1. The Hall–Kier alpha value is -1.24. The van der Waals surface area contributed by atoms with Crippen LogP contribution in [-0.2, 0) is 4.79 Å². The summed E-state index contributed by atoms with van der Waals surface area (Å²) in [4.78, 5) is 33.5. The topological polar surface area (TPSA) is 65.0 Å². The fraction of sp³-hybridized carbons (Fsp3) is 0.900. The summed E-state index contributed by atoms with van der Waals surface area (Å²) in [6.45, 7) is 5.37. The number of hydrogen-bond donors (Lipinski definition) is 1. The normalized spacial score (nSPS) is 19.4. The van der Waals surface area contributed by atoms with Gasteiger partial charge in [-0.05, 0) is 12.8 Å². The van der Waals surface area contributed by atoms with Gasteiger partial charge in [0.25, 0.3) is 5.91 Å². The van der Waals surface area contributed by atoms with Gasteiger partial charge in [0.2, 0.25) is 0 Å². The van der Waals surface area contributed by atoms with E-state index in [9.17, 15) is 9.59 Å². The van der Waals surface area contributed by atoms with E-state index in [1.54, 1.807) is 23.7 Å². The van der Waals surface area contributed by atoms with Crippen LogP contribution in [0.5, 0.6) is 0 Å². The van der Waals surface area contributed by atoms with E-state index in [0.29, 0.717) is 0 Å². The van der Waals surface area contributed by atoms with Gasteiger partial charge < -0.3 is 9.80 Å². The van der Waals surface area contributed by atoms with E-state index in [1.807, 2.05) is 0 Å². The molecule has 6 nitrogen and oxygen atoms in total. The maximum absolute atomic E-state index is 12.7. The Bertz CT molecular complexity index is 672. The zero-order valence-electron chi connectivity index (χ0n) is 24.3. The number of unbranched alkanes of at least 4 members (excludes halogenated alkanes) is 18. The van der Waals surface area contributed by atoms with Crippen LogP contribution in [0, 0.1) is 0 Å². The fourth-order valence-corrected chi connectivity index (χ4v) is 6.46. The average Bonchev–Trinajstić information content (AvgIpc) is 3.26. The summed E-state index contributed by atoms with van der Waals surface area (Å²) in [7, 11) is 1.74. The Morgan fingerprint density at radius 2 is 1.16 bits per heavy atom. The van der Waals surface area contributed by atoms with Crippen LogP contribution in [0.3, 0.4) is 0 Å². The second-order valence-corrected chi connectivity index (χ2v) is 12.1. The summed E-state index contributed by atoms with van der Waals surface area (Å²) < 4.78 is 0. The van der Waals surface area contributed by atoms with Crippen LogP contribution in [0.25, 0.3) is 0 Å². The van der Waals surface area contributed by atoms with Crippen molar-refractivity contribution in [1.29, 1.82) is 0 Å². The first-order chi connectivity index (χ1) is 18.1. The lowest BCUT2D eigenvalue weighted by Crippen LogP contribution is -2.63. The molecule has 1 saturated heterocycles. The number of imide groups is 1. The van der Waals surface area contributed by atoms with Crippen LogP contribution in [0.2, 0.25) is 0 Å². The number of carbonyl (C=O) groups is 2. The second-order valence-electron chi connectivity index (χ2n) is 11.1. The molecule has 0 bridgehead atoms. The number of urea groups is 1. The number of hydrogen-bond acceptors (Lipinski definition) is 5. The molecule has 3 amide bonds. The van der Waals surface area contributed by atoms with Gasteiger partial charge in [0.15, 0.2) is 17.4 Å². The number of thioether (sulfide) groups is 1. The van der Waals surface area contributed by atoms with Gasteiger partial charge in [-0.1, -0.05) is 141 Å². The number of aliphatic imine (C=N–C) groups is 1. The molecule has 0 spiro atoms. The van der Waals surface area contributed by atoms with Crippen molar-refractivity contribution in [3.63, 3.8) is 0 Å². The van der Waals surface area contributed by atoms with E-state index in [4.69, 9.17) is 4.99 Å². The van der Waals surface area contributed by atoms with E-state index >= 15 is 0 Å². The highest BCUT2D eigenvalue weighted by molar-refractivity contribution is 8.13. The summed E-state index contributed by atoms with van der Waals surface area (Å²) in [6, 6.07) is -0.717. The number of nitrogens with zero attached hydrogens (tertiary/aromatic N) is 3. The molecule has 37 heavy (non-hydrogen) atoms. The predicted octanol–water partition coefficient (Wildman–Crippen LogP) is 8.11. The van der Waals surface area contributed by atoms with Gasteiger partial charge in [-0.25, -0.2) is 9.79 Å². The van der Waals surface area contributed by atoms with Gasteiger partial charge in [-0.2, -0.15) is 0 Å². The molecular formula is C30H56N4O2S. The van der Waals surface area contributed by atoms with Gasteiger partial charge in [-0.3, -0.25) is 10.1 Å². The molecule has 2 heterocycles. The number of amidine groups is 1. The van der Waals surface area contributed by atoms with Crippen LogP contribution in [-0.4, -0.2) is 58.5 Å². The maximum atomic E-state index is 12.7. The maximum Gasteiger partial charge on any atom is 0.325 e. The molecule has 0 aromatic heterocycles. The molecule has 0 aromatic rings. The third-order valence-electron chi connectivity index (χ3n) is 7.80. The summed E-state index contributed by atoms with van der Waals surface area (Å²) in [5.41, 5.74) is 0. The van der Waals surface area contributed by atoms with Crippen molar-refractivity contribution < 1.29 is 9.59 Å². The molecule has 2 aliphatic rings. The van der Waals surface area contributed by atoms with Crippen LogP contribution in [0.1, 0.15) is 142 Å². The SMILES string of the molecule is CCCCCCCCCCCCCCCCN1C(SCCCCCCCC)=NC2C1C(=O)NC(=O)N2C. The van der Waals surface area contributed by atoms with Crippen LogP contribution < -0.4 is 5.32 Å². The van der Waals surface area contributed by atoms with Crippen LogP contribution >= 0.6 is 11.8 Å². The summed E-state index contributed by atoms with van der Waals surface area (Å²) >= 11 is 1.77. The average molecular weight is 537 g/mol. The van der Waals surface area contributed by atoms with Crippen molar-refractivity contribution in [1.82, 2.24) is 15.1 Å². The molecule has 214 valence electrons. The molecule has 0 aliphatic carbocycles. The van der Waals surface area contributed by atoms with Crippen molar-refractivity contribution in [3.05, 3.63) is 0 Å². The van der Waals surface area contributed by atoms with Crippen LogP contribution in [0.15, 0.2) is 4.99 Å². The largest absolute Gasteiger partial charge is 0.336 e. The van der Waals surface area contributed by atoms with Crippen molar-refractivity contribution >= 4 is 28.9 Å². The Kier molecular flexibility index (Phi) is 17.1. The number of carbonyl (C=O) groups excluding carboxylic acids is 2. The Morgan fingerprint density at radius 1 is 0.703 bits per heavy atom. The zero-order chi connectivity index (χ0) is 26.7. The minimum Gasteiger partial charge on any atom is -0.336 e. The molecule has 1 fully saturated rings. The van der Waals surface area contributed by atoms with Gasteiger partial charge in [0.05, 0.1) is 0 Å². The molecular weight excluding hydrogens is 480 g/mol. The Balaban J connectivity index is 1.64. The van der Waals surface area contributed by atoms with Crippen LogP contribution in [0.4, 0.5) is 4.79 Å². The number of likely N-dealkylation sites (N-methyl/N-ethyl adjacent to an activating group) is 1. The molecule has 2 unspecified atom stereocenters. The van der Waals surface area contributed by atoms with Crippen molar-refractivity contribution in [2.75, 3.05) is 19.3 Å². The highest BCUT2D eigenvalue weighted by Gasteiger charge is 2.48. The summed E-state index contributed by atoms with van der Waals surface area (Å²) in [5, 5.41) is 3.48. The lowest BCUT2D eigenvalue weighted by molar-refractivity contribution is -0.127. The number of rotatable bonds is 22.